The Hall–Kier alpha value is -1.80. The van der Waals surface area contributed by atoms with E-state index in [1.165, 1.54) is 27.9 Å². The summed E-state index contributed by atoms with van der Waals surface area (Å²) in [6.07, 6.45) is 0. The molecule has 0 heterocycles. The second kappa shape index (κ2) is 5.69. The molecule has 2 aromatic rings. The summed E-state index contributed by atoms with van der Waals surface area (Å²) < 4.78 is 0. The molecule has 2 rings (SSSR count). The summed E-state index contributed by atoms with van der Waals surface area (Å²) in [6, 6.07) is 14.8. The van der Waals surface area contributed by atoms with Gasteiger partial charge in [0.2, 0.25) is 0 Å². The second-order valence-corrected chi connectivity index (χ2v) is 4.62. The third-order valence-corrected chi connectivity index (χ3v) is 3.35. The molecule has 18 heavy (non-hydrogen) atoms. The van der Waals surface area contributed by atoms with Crippen LogP contribution in [-0.4, -0.2) is 0 Å². The van der Waals surface area contributed by atoms with Gasteiger partial charge < -0.3 is 11.1 Å². The van der Waals surface area contributed by atoms with Crippen molar-refractivity contribution in [3.63, 3.8) is 0 Å². The van der Waals surface area contributed by atoms with Crippen LogP contribution in [0.3, 0.4) is 0 Å². The lowest BCUT2D eigenvalue weighted by atomic mass is 10.1. The van der Waals surface area contributed by atoms with Gasteiger partial charge in [-0.05, 0) is 42.2 Å². The van der Waals surface area contributed by atoms with Gasteiger partial charge >= 0.3 is 0 Å². The van der Waals surface area contributed by atoms with Gasteiger partial charge in [0.1, 0.15) is 0 Å². The Balaban J connectivity index is 2.04. The molecule has 0 aromatic heterocycles. The summed E-state index contributed by atoms with van der Waals surface area (Å²) >= 11 is 0. The van der Waals surface area contributed by atoms with E-state index in [1.54, 1.807) is 0 Å². The summed E-state index contributed by atoms with van der Waals surface area (Å²) in [7, 11) is 0. The molecule has 0 aliphatic carbocycles. The van der Waals surface area contributed by atoms with E-state index in [1.807, 2.05) is 0 Å². The summed E-state index contributed by atoms with van der Waals surface area (Å²) in [5.41, 5.74) is 11.9. The van der Waals surface area contributed by atoms with Gasteiger partial charge in [0.25, 0.3) is 0 Å². The minimum absolute atomic E-state index is 0.602. The third kappa shape index (κ3) is 2.90. The largest absolute Gasteiger partial charge is 0.381 e. The number of benzene rings is 2. The normalized spacial score (nSPS) is 10.4. The third-order valence-electron chi connectivity index (χ3n) is 3.35. The molecule has 0 saturated heterocycles. The number of aryl methyl sites for hydroxylation is 1. The number of rotatable bonds is 4. The summed E-state index contributed by atoms with van der Waals surface area (Å²) in [4.78, 5) is 0. The van der Waals surface area contributed by atoms with Crippen LogP contribution < -0.4 is 11.1 Å². The van der Waals surface area contributed by atoms with Gasteiger partial charge in [-0.15, -0.1) is 0 Å². The van der Waals surface area contributed by atoms with Crippen LogP contribution >= 0.6 is 0 Å². The van der Waals surface area contributed by atoms with Crippen molar-refractivity contribution in [2.45, 2.75) is 26.9 Å². The standard InChI is InChI=1S/C16H20N2/c1-12-4-3-5-16(13(12)2)18-11-15-8-6-14(10-17)7-9-15/h3-9,18H,10-11,17H2,1-2H3. The molecule has 0 amide bonds. The lowest BCUT2D eigenvalue weighted by Gasteiger charge is -2.11. The van der Waals surface area contributed by atoms with Gasteiger partial charge in [0.05, 0.1) is 0 Å². The minimum atomic E-state index is 0.602. The van der Waals surface area contributed by atoms with Crippen molar-refractivity contribution < 1.29 is 0 Å². The first-order valence-corrected chi connectivity index (χ1v) is 6.28. The van der Waals surface area contributed by atoms with Crippen LogP contribution in [0.4, 0.5) is 5.69 Å². The highest BCUT2D eigenvalue weighted by molar-refractivity contribution is 5.53. The number of hydrogen-bond donors (Lipinski definition) is 2. The molecule has 94 valence electrons. The SMILES string of the molecule is Cc1cccc(NCc2ccc(CN)cc2)c1C. The molecule has 3 N–H and O–H groups in total. The average molecular weight is 240 g/mol. The van der Waals surface area contributed by atoms with Crippen molar-refractivity contribution in [3.8, 4) is 0 Å². The molecule has 2 nitrogen and oxygen atoms in total. The maximum absolute atomic E-state index is 5.59. The Morgan fingerprint density at radius 3 is 2.28 bits per heavy atom. The zero-order valence-corrected chi connectivity index (χ0v) is 11.0. The van der Waals surface area contributed by atoms with E-state index in [0.29, 0.717) is 6.54 Å². The van der Waals surface area contributed by atoms with E-state index in [0.717, 1.165) is 6.54 Å². The molecule has 0 unspecified atom stereocenters. The van der Waals surface area contributed by atoms with Crippen molar-refractivity contribution in [1.29, 1.82) is 0 Å². The van der Waals surface area contributed by atoms with E-state index in [9.17, 15) is 0 Å². The first kappa shape index (κ1) is 12.7. The van der Waals surface area contributed by atoms with E-state index in [-0.39, 0.29) is 0 Å². The highest BCUT2D eigenvalue weighted by Crippen LogP contribution is 2.18. The summed E-state index contributed by atoms with van der Waals surface area (Å²) in [6.45, 7) is 5.73. The number of anilines is 1. The molecule has 0 spiro atoms. The van der Waals surface area contributed by atoms with Gasteiger partial charge in [-0.1, -0.05) is 36.4 Å². The number of hydrogen-bond acceptors (Lipinski definition) is 2. The molecule has 0 aliphatic rings. The van der Waals surface area contributed by atoms with Crippen LogP contribution in [0.1, 0.15) is 22.3 Å². The van der Waals surface area contributed by atoms with Crippen LogP contribution in [0, 0.1) is 13.8 Å². The monoisotopic (exact) mass is 240 g/mol. The van der Waals surface area contributed by atoms with E-state index in [4.69, 9.17) is 5.73 Å². The van der Waals surface area contributed by atoms with Crippen LogP contribution in [-0.2, 0) is 13.1 Å². The lowest BCUT2D eigenvalue weighted by Crippen LogP contribution is -2.02. The number of nitrogens with one attached hydrogen (secondary N) is 1. The zero-order chi connectivity index (χ0) is 13.0. The Bertz CT molecular complexity index is 515. The van der Waals surface area contributed by atoms with Gasteiger partial charge in [-0.3, -0.25) is 0 Å². The van der Waals surface area contributed by atoms with Crippen molar-refractivity contribution in [2.75, 3.05) is 5.32 Å². The molecule has 0 fully saturated rings. The van der Waals surface area contributed by atoms with Crippen LogP contribution in [0.5, 0.6) is 0 Å². The molecule has 2 aromatic carbocycles. The summed E-state index contributed by atoms with van der Waals surface area (Å²) in [5.74, 6) is 0. The van der Waals surface area contributed by atoms with Crippen molar-refractivity contribution in [2.24, 2.45) is 5.73 Å². The molecule has 0 radical (unpaired) electrons. The van der Waals surface area contributed by atoms with E-state index < -0.39 is 0 Å². The van der Waals surface area contributed by atoms with Crippen LogP contribution in [0.2, 0.25) is 0 Å². The number of nitrogens with two attached hydrogens (primary N) is 1. The zero-order valence-electron chi connectivity index (χ0n) is 11.0. The molecule has 0 saturated carbocycles. The van der Waals surface area contributed by atoms with Gasteiger partial charge in [-0.25, -0.2) is 0 Å². The van der Waals surface area contributed by atoms with Crippen LogP contribution in [0.25, 0.3) is 0 Å². The lowest BCUT2D eigenvalue weighted by molar-refractivity contribution is 1.06. The molecule has 0 bridgehead atoms. The fourth-order valence-corrected chi connectivity index (χ4v) is 1.93. The van der Waals surface area contributed by atoms with Gasteiger partial charge in [-0.2, -0.15) is 0 Å². The maximum atomic E-state index is 5.59. The predicted octanol–water partition coefficient (Wildman–Crippen LogP) is 3.37. The first-order valence-electron chi connectivity index (χ1n) is 6.28. The second-order valence-electron chi connectivity index (χ2n) is 4.62. The Morgan fingerprint density at radius 2 is 1.61 bits per heavy atom. The highest BCUT2D eigenvalue weighted by Gasteiger charge is 2.00. The van der Waals surface area contributed by atoms with Crippen LogP contribution in [0.15, 0.2) is 42.5 Å². The quantitative estimate of drug-likeness (QED) is 0.860. The van der Waals surface area contributed by atoms with Crippen molar-refractivity contribution in [1.82, 2.24) is 0 Å². The van der Waals surface area contributed by atoms with Crippen molar-refractivity contribution >= 4 is 5.69 Å². The highest BCUT2D eigenvalue weighted by atomic mass is 14.9. The van der Waals surface area contributed by atoms with E-state index >= 15 is 0 Å². The summed E-state index contributed by atoms with van der Waals surface area (Å²) in [5, 5.41) is 3.48. The minimum Gasteiger partial charge on any atom is -0.381 e. The predicted molar refractivity (Wildman–Crippen MR) is 77.6 cm³/mol. The molecule has 0 aliphatic heterocycles. The smallest absolute Gasteiger partial charge is 0.0400 e. The Kier molecular flexibility index (Phi) is 4.00. The van der Waals surface area contributed by atoms with Crippen molar-refractivity contribution in [3.05, 3.63) is 64.7 Å². The fourth-order valence-electron chi connectivity index (χ4n) is 1.93. The molecule has 0 atom stereocenters. The maximum Gasteiger partial charge on any atom is 0.0400 e. The molecular weight excluding hydrogens is 220 g/mol. The first-order chi connectivity index (χ1) is 8.70. The topological polar surface area (TPSA) is 38.0 Å². The average Bonchev–Trinajstić information content (AvgIpc) is 2.41. The van der Waals surface area contributed by atoms with E-state index in [2.05, 4.69) is 61.6 Å². The molecule has 2 heteroatoms. The van der Waals surface area contributed by atoms with Gasteiger partial charge in [0, 0.05) is 18.8 Å². The Labute approximate surface area is 109 Å². The molecular formula is C16H20N2. The van der Waals surface area contributed by atoms with Gasteiger partial charge in [0.15, 0.2) is 0 Å². The fraction of sp³-hybridized carbons (Fsp3) is 0.250. The Morgan fingerprint density at radius 1 is 0.944 bits per heavy atom.